The number of benzene rings is 2. The second-order valence-electron chi connectivity index (χ2n) is 4.57. The number of hydrogen-bond acceptors (Lipinski definition) is 1. The summed E-state index contributed by atoms with van der Waals surface area (Å²) < 4.78 is 13.2. The Balaban J connectivity index is 2.29. The molecular weight excluding hydrogens is 296 g/mol. The Morgan fingerprint density at radius 2 is 1.85 bits per heavy atom. The Hall–Kier alpha value is -1.09. The molecule has 0 saturated carbocycles. The van der Waals surface area contributed by atoms with E-state index >= 15 is 0 Å². The Bertz CT molecular complexity index is 586. The zero-order valence-electron chi connectivity index (χ0n) is 11.2. The molecule has 4 heteroatoms. The standard InChI is InChI=1S/C16H16Cl2FN/c1-2-20-16(9-11-5-3-4-6-14(11)17)13-8-7-12(19)10-15(13)18/h3-8,10,16,20H,2,9H2,1H3. The van der Waals surface area contributed by atoms with Gasteiger partial charge in [-0.05, 0) is 42.3 Å². The molecule has 0 aromatic heterocycles. The molecule has 1 atom stereocenters. The van der Waals surface area contributed by atoms with Gasteiger partial charge in [-0.1, -0.05) is 54.4 Å². The topological polar surface area (TPSA) is 12.0 Å². The highest BCUT2D eigenvalue weighted by Gasteiger charge is 2.16. The van der Waals surface area contributed by atoms with E-state index < -0.39 is 0 Å². The molecule has 0 bridgehead atoms. The van der Waals surface area contributed by atoms with Gasteiger partial charge in [0.25, 0.3) is 0 Å². The fourth-order valence-electron chi connectivity index (χ4n) is 2.21. The van der Waals surface area contributed by atoms with Crippen molar-refractivity contribution in [1.29, 1.82) is 0 Å². The number of likely N-dealkylation sites (N-methyl/N-ethyl adjacent to an activating group) is 1. The van der Waals surface area contributed by atoms with Gasteiger partial charge in [0, 0.05) is 16.1 Å². The van der Waals surface area contributed by atoms with E-state index in [0.29, 0.717) is 11.4 Å². The fraction of sp³-hybridized carbons (Fsp3) is 0.250. The largest absolute Gasteiger partial charge is 0.310 e. The third-order valence-electron chi connectivity index (χ3n) is 3.17. The average Bonchev–Trinajstić information content (AvgIpc) is 2.41. The molecule has 0 aliphatic heterocycles. The second-order valence-corrected chi connectivity index (χ2v) is 5.39. The van der Waals surface area contributed by atoms with Crippen LogP contribution in [0, 0.1) is 5.82 Å². The first-order valence-electron chi connectivity index (χ1n) is 6.53. The molecule has 1 nitrogen and oxygen atoms in total. The van der Waals surface area contributed by atoms with Gasteiger partial charge in [0.1, 0.15) is 5.82 Å². The van der Waals surface area contributed by atoms with Crippen molar-refractivity contribution in [1.82, 2.24) is 5.32 Å². The van der Waals surface area contributed by atoms with Gasteiger partial charge >= 0.3 is 0 Å². The minimum Gasteiger partial charge on any atom is -0.310 e. The van der Waals surface area contributed by atoms with Crippen LogP contribution in [0.25, 0.3) is 0 Å². The zero-order chi connectivity index (χ0) is 14.5. The molecule has 0 radical (unpaired) electrons. The molecular formula is C16H16Cl2FN. The van der Waals surface area contributed by atoms with Crippen LogP contribution in [0.15, 0.2) is 42.5 Å². The van der Waals surface area contributed by atoms with E-state index in [4.69, 9.17) is 23.2 Å². The van der Waals surface area contributed by atoms with Gasteiger partial charge < -0.3 is 5.32 Å². The molecule has 0 heterocycles. The third-order valence-corrected chi connectivity index (χ3v) is 3.87. The van der Waals surface area contributed by atoms with Crippen LogP contribution in [0.2, 0.25) is 10.0 Å². The van der Waals surface area contributed by atoms with E-state index in [-0.39, 0.29) is 11.9 Å². The predicted octanol–water partition coefficient (Wildman–Crippen LogP) is 5.03. The molecule has 20 heavy (non-hydrogen) atoms. The van der Waals surface area contributed by atoms with Gasteiger partial charge in [0.05, 0.1) is 0 Å². The molecule has 1 N–H and O–H groups in total. The quantitative estimate of drug-likeness (QED) is 0.817. The van der Waals surface area contributed by atoms with Gasteiger partial charge in [-0.15, -0.1) is 0 Å². The highest BCUT2D eigenvalue weighted by atomic mass is 35.5. The highest BCUT2D eigenvalue weighted by molar-refractivity contribution is 6.31. The molecule has 2 rings (SSSR count). The maximum Gasteiger partial charge on any atom is 0.124 e. The van der Waals surface area contributed by atoms with Crippen molar-refractivity contribution in [3.8, 4) is 0 Å². The Morgan fingerprint density at radius 3 is 2.50 bits per heavy atom. The summed E-state index contributed by atoms with van der Waals surface area (Å²) in [6, 6.07) is 12.2. The molecule has 2 aromatic carbocycles. The van der Waals surface area contributed by atoms with E-state index in [0.717, 1.165) is 22.7 Å². The minimum absolute atomic E-state index is 0.00741. The number of hydrogen-bond donors (Lipinski definition) is 1. The van der Waals surface area contributed by atoms with E-state index in [9.17, 15) is 4.39 Å². The van der Waals surface area contributed by atoms with Crippen LogP contribution < -0.4 is 5.32 Å². The molecule has 0 spiro atoms. The summed E-state index contributed by atoms with van der Waals surface area (Å²) in [7, 11) is 0. The summed E-state index contributed by atoms with van der Waals surface area (Å²) in [5, 5.41) is 4.53. The summed E-state index contributed by atoms with van der Waals surface area (Å²) in [6.07, 6.45) is 0.707. The SMILES string of the molecule is CCNC(Cc1ccccc1Cl)c1ccc(F)cc1Cl. The maximum absolute atomic E-state index is 13.2. The Morgan fingerprint density at radius 1 is 1.10 bits per heavy atom. The van der Waals surface area contributed by atoms with Crippen LogP contribution in [0.5, 0.6) is 0 Å². The van der Waals surface area contributed by atoms with E-state index in [1.807, 2.05) is 31.2 Å². The first-order chi connectivity index (χ1) is 9.61. The van der Waals surface area contributed by atoms with Crippen LogP contribution >= 0.6 is 23.2 Å². The molecule has 2 aromatic rings. The van der Waals surface area contributed by atoms with Gasteiger partial charge in [0.15, 0.2) is 0 Å². The van der Waals surface area contributed by atoms with Crippen LogP contribution in [-0.2, 0) is 6.42 Å². The van der Waals surface area contributed by atoms with Crippen molar-refractivity contribution in [2.75, 3.05) is 6.54 Å². The van der Waals surface area contributed by atoms with Crippen molar-refractivity contribution in [3.63, 3.8) is 0 Å². The lowest BCUT2D eigenvalue weighted by Crippen LogP contribution is -2.23. The fourth-order valence-corrected chi connectivity index (χ4v) is 2.72. The first kappa shape index (κ1) is 15.3. The van der Waals surface area contributed by atoms with E-state index in [2.05, 4.69) is 5.32 Å². The van der Waals surface area contributed by atoms with Crippen LogP contribution in [0.1, 0.15) is 24.1 Å². The van der Waals surface area contributed by atoms with Crippen molar-refractivity contribution in [2.45, 2.75) is 19.4 Å². The summed E-state index contributed by atoms with van der Waals surface area (Å²) in [5.74, 6) is -0.327. The number of nitrogens with one attached hydrogen (secondary N) is 1. The van der Waals surface area contributed by atoms with Crippen LogP contribution in [0.4, 0.5) is 4.39 Å². The van der Waals surface area contributed by atoms with Gasteiger partial charge in [-0.25, -0.2) is 4.39 Å². The monoisotopic (exact) mass is 311 g/mol. The van der Waals surface area contributed by atoms with Crippen LogP contribution in [0.3, 0.4) is 0 Å². The normalized spacial score (nSPS) is 12.4. The Kier molecular flexibility index (Phi) is 5.41. The van der Waals surface area contributed by atoms with E-state index in [1.54, 1.807) is 6.07 Å². The average molecular weight is 312 g/mol. The van der Waals surface area contributed by atoms with Crippen molar-refractivity contribution in [2.24, 2.45) is 0 Å². The van der Waals surface area contributed by atoms with Crippen molar-refractivity contribution >= 4 is 23.2 Å². The molecule has 106 valence electrons. The second kappa shape index (κ2) is 7.07. The maximum atomic E-state index is 13.2. The lowest BCUT2D eigenvalue weighted by atomic mass is 9.98. The number of rotatable bonds is 5. The summed E-state index contributed by atoms with van der Waals surface area (Å²) in [4.78, 5) is 0. The smallest absolute Gasteiger partial charge is 0.124 e. The first-order valence-corrected chi connectivity index (χ1v) is 7.29. The van der Waals surface area contributed by atoms with Gasteiger partial charge in [-0.3, -0.25) is 0 Å². The van der Waals surface area contributed by atoms with Crippen molar-refractivity contribution < 1.29 is 4.39 Å². The summed E-state index contributed by atoms with van der Waals surface area (Å²) >= 11 is 12.4. The molecule has 0 aliphatic carbocycles. The summed E-state index contributed by atoms with van der Waals surface area (Å²) in [6.45, 7) is 2.82. The third kappa shape index (κ3) is 3.72. The molecule has 1 unspecified atom stereocenters. The lowest BCUT2D eigenvalue weighted by molar-refractivity contribution is 0.547. The Labute approximate surface area is 128 Å². The number of halogens is 3. The van der Waals surface area contributed by atoms with Gasteiger partial charge in [0.2, 0.25) is 0 Å². The molecule has 0 saturated heterocycles. The van der Waals surface area contributed by atoms with Crippen LogP contribution in [-0.4, -0.2) is 6.54 Å². The highest BCUT2D eigenvalue weighted by Crippen LogP contribution is 2.28. The lowest BCUT2D eigenvalue weighted by Gasteiger charge is -2.20. The zero-order valence-corrected chi connectivity index (χ0v) is 12.7. The molecule has 0 fully saturated rings. The van der Waals surface area contributed by atoms with E-state index in [1.165, 1.54) is 12.1 Å². The predicted molar refractivity (Wildman–Crippen MR) is 83.0 cm³/mol. The van der Waals surface area contributed by atoms with Gasteiger partial charge in [-0.2, -0.15) is 0 Å². The summed E-state index contributed by atoms with van der Waals surface area (Å²) in [5.41, 5.74) is 1.93. The molecule has 0 aliphatic rings. The van der Waals surface area contributed by atoms with Crippen molar-refractivity contribution in [3.05, 3.63) is 69.5 Å². The minimum atomic E-state index is -0.327. The molecule has 0 amide bonds.